The van der Waals surface area contributed by atoms with E-state index in [4.69, 9.17) is 0 Å². The molecule has 1 saturated heterocycles. The number of hydrogen-bond donors (Lipinski definition) is 0. The van der Waals surface area contributed by atoms with Crippen molar-refractivity contribution in [1.29, 1.82) is 0 Å². The van der Waals surface area contributed by atoms with Crippen LogP contribution in [0.25, 0.3) is 6.08 Å². The molecule has 3 rings (SSSR count). The second-order valence-electron chi connectivity index (χ2n) is 6.03. The lowest BCUT2D eigenvalue weighted by molar-refractivity contribution is -0.125. The summed E-state index contributed by atoms with van der Waals surface area (Å²) in [4.78, 5) is 20.9. The molecular formula is C20H23N3O. The summed E-state index contributed by atoms with van der Waals surface area (Å²) >= 11 is 0. The Bertz CT molecular complexity index is 670. The van der Waals surface area contributed by atoms with Crippen LogP contribution in [0.15, 0.2) is 60.8 Å². The van der Waals surface area contributed by atoms with Gasteiger partial charge in [-0.3, -0.25) is 14.7 Å². The first kappa shape index (κ1) is 16.4. The zero-order valence-corrected chi connectivity index (χ0v) is 13.8. The first-order chi connectivity index (χ1) is 11.8. The Morgan fingerprint density at radius 3 is 2.62 bits per heavy atom. The van der Waals surface area contributed by atoms with Crippen molar-refractivity contribution in [2.24, 2.45) is 0 Å². The summed E-state index contributed by atoms with van der Waals surface area (Å²) in [6, 6.07) is 16.2. The molecule has 0 unspecified atom stereocenters. The Morgan fingerprint density at radius 2 is 1.83 bits per heavy atom. The fourth-order valence-electron chi connectivity index (χ4n) is 2.93. The standard InChI is InChI=1S/C20H23N3O/c24-20(11-10-19-9-4-5-12-21-19)23-14-6-13-22(15-16-23)17-18-7-2-1-3-8-18/h1-5,7-12H,6,13-17H2/b11-10+. The SMILES string of the molecule is O=C(/C=C/c1ccccn1)N1CCCN(Cc2ccccc2)CC1. The number of carbonyl (C=O) groups excluding carboxylic acids is 1. The van der Waals surface area contributed by atoms with E-state index in [1.807, 2.05) is 29.2 Å². The molecule has 0 N–H and O–H groups in total. The highest BCUT2D eigenvalue weighted by Crippen LogP contribution is 2.09. The minimum atomic E-state index is 0.0715. The maximum atomic E-state index is 12.4. The minimum absolute atomic E-state index is 0.0715. The van der Waals surface area contributed by atoms with Crippen molar-refractivity contribution in [3.05, 3.63) is 72.1 Å². The molecule has 0 atom stereocenters. The largest absolute Gasteiger partial charge is 0.338 e. The molecule has 0 aliphatic carbocycles. The summed E-state index contributed by atoms with van der Waals surface area (Å²) < 4.78 is 0. The molecule has 1 aliphatic rings. The molecule has 24 heavy (non-hydrogen) atoms. The third kappa shape index (κ3) is 4.77. The Balaban J connectivity index is 1.53. The van der Waals surface area contributed by atoms with Gasteiger partial charge >= 0.3 is 0 Å². The summed E-state index contributed by atoms with van der Waals surface area (Å²) in [5.41, 5.74) is 2.14. The van der Waals surface area contributed by atoms with Gasteiger partial charge in [0.15, 0.2) is 0 Å². The molecule has 1 aromatic heterocycles. The van der Waals surface area contributed by atoms with Gasteiger partial charge in [0.1, 0.15) is 0 Å². The van der Waals surface area contributed by atoms with Crippen LogP contribution in [0.5, 0.6) is 0 Å². The van der Waals surface area contributed by atoms with Crippen LogP contribution in [0.4, 0.5) is 0 Å². The second-order valence-corrected chi connectivity index (χ2v) is 6.03. The van der Waals surface area contributed by atoms with E-state index in [9.17, 15) is 4.79 Å². The number of aromatic nitrogens is 1. The van der Waals surface area contributed by atoms with Crippen molar-refractivity contribution in [2.75, 3.05) is 26.2 Å². The summed E-state index contributed by atoms with van der Waals surface area (Å²) in [6.45, 7) is 4.49. The highest BCUT2D eigenvalue weighted by molar-refractivity contribution is 5.91. The predicted molar refractivity (Wildman–Crippen MR) is 96.2 cm³/mol. The quantitative estimate of drug-likeness (QED) is 0.813. The van der Waals surface area contributed by atoms with Gasteiger partial charge in [0.2, 0.25) is 5.91 Å². The van der Waals surface area contributed by atoms with E-state index in [2.05, 4.69) is 34.1 Å². The Hall–Kier alpha value is -2.46. The molecule has 0 saturated carbocycles. The highest BCUT2D eigenvalue weighted by atomic mass is 16.2. The normalized spacial score (nSPS) is 16.2. The predicted octanol–water partition coefficient (Wildman–Crippen LogP) is 2.83. The Kier molecular flexibility index (Phi) is 5.75. The number of carbonyl (C=O) groups is 1. The van der Waals surface area contributed by atoms with Crippen molar-refractivity contribution < 1.29 is 4.79 Å². The van der Waals surface area contributed by atoms with E-state index in [1.54, 1.807) is 18.3 Å². The number of amides is 1. The van der Waals surface area contributed by atoms with E-state index in [0.717, 1.165) is 44.8 Å². The van der Waals surface area contributed by atoms with Crippen molar-refractivity contribution in [3.8, 4) is 0 Å². The van der Waals surface area contributed by atoms with Gasteiger partial charge in [-0.25, -0.2) is 0 Å². The average molecular weight is 321 g/mol. The van der Waals surface area contributed by atoms with Crippen molar-refractivity contribution in [3.63, 3.8) is 0 Å². The van der Waals surface area contributed by atoms with E-state index < -0.39 is 0 Å². The second kappa shape index (κ2) is 8.41. The van der Waals surface area contributed by atoms with Crippen LogP contribution >= 0.6 is 0 Å². The van der Waals surface area contributed by atoms with Crippen LogP contribution in [0.1, 0.15) is 17.7 Å². The molecule has 1 amide bonds. The van der Waals surface area contributed by atoms with Crippen LogP contribution in [0, 0.1) is 0 Å². The summed E-state index contributed by atoms with van der Waals surface area (Å²) in [5.74, 6) is 0.0715. The molecule has 0 bridgehead atoms. The molecule has 2 heterocycles. The monoisotopic (exact) mass is 321 g/mol. The lowest BCUT2D eigenvalue weighted by atomic mass is 10.2. The zero-order valence-electron chi connectivity index (χ0n) is 13.8. The van der Waals surface area contributed by atoms with E-state index in [1.165, 1.54) is 5.56 Å². The smallest absolute Gasteiger partial charge is 0.246 e. The number of nitrogens with zero attached hydrogens (tertiary/aromatic N) is 3. The maximum absolute atomic E-state index is 12.4. The molecule has 4 nitrogen and oxygen atoms in total. The van der Waals surface area contributed by atoms with Crippen LogP contribution in [0.2, 0.25) is 0 Å². The number of rotatable bonds is 4. The molecule has 1 fully saturated rings. The van der Waals surface area contributed by atoms with Crippen LogP contribution in [-0.2, 0) is 11.3 Å². The first-order valence-electron chi connectivity index (χ1n) is 8.45. The van der Waals surface area contributed by atoms with Crippen molar-refractivity contribution >= 4 is 12.0 Å². The zero-order chi connectivity index (χ0) is 16.6. The molecule has 1 aromatic carbocycles. The molecule has 0 spiro atoms. The number of benzene rings is 1. The molecule has 124 valence electrons. The van der Waals surface area contributed by atoms with E-state index in [-0.39, 0.29) is 5.91 Å². The minimum Gasteiger partial charge on any atom is -0.338 e. The maximum Gasteiger partial charge on any atom is 0.246 e. The van der Waals surface area contributed by atoms with E-state index in [0.29, 0.717) is 0 Å². The molecule has 0 radical (unpaired) electrons. The summed E-state index contributed by atoms with van der Waals surface area (Å²) in [7, 11) is 0. The van der Waals surface area contributed by atoms with Gasteiger partial charge in [-0.1, -0.05) is 36.4 Å². The highest BCUT2D eigenvalue weighted by Gasteiger charge is 2.17. The fraction of sp³-hybridized carbons (Fsp3) is 0.300. The molecule has 1 aliphatic heterocycles. The van der Waals surface area contributed by atoms with Gasteiger partial charge in [0.05, 0.1) is 5.69 Å². The Morgan fingerprint density at radius 1 is 1.00 bits per heavy atom. The molecular weight excluding hydrogens is 298 g/mol. The summed E-state index contributed by atoms with van der Waals surface area (Å²) in [6.07, 6.45) is 6.16. The topological polar surface area (TPSA) is 36.4 Å². The third-order valence-electron chi connectivity index (χ3n) is 4.23. The first-order valence-corrected chi connectivity index (χ1v) is 8.45. The van der Waals surface area contributed by atoms with Gasteiger partial charge in [-0.05, 0) is 30.2 Å². The van der Waals surface area contributed by atoms with Crippen LogP contribution in [0.3, 0.4) is 0 Å². The van der Waals surface area contributed by atoms with Gasteiger partial charge in [0.25, 0.3) is 0 Å². The molecule has 2 aromatic rings. The number of pyridine rings is 1. The lowest BCUT2D eigenvalue weighted by Gasteiger charge is -2.21. The van der Waals surface area contributed by atoms with Crippen molar-refractivity contribution in [1.82, 2.24) is 14.8 Å². The lowest BCUT2D eigenvalue weighted by Crippen LogP contribution is -2.34. The van der Waals surface area contributed by atoms with Gasteiger partial charge in [-0.15, -0.1) is 0 Å². The average Bonchev–Trinajstić information content (AvgIpc) is 2.87. The van der Waals surface area contributed by atoms with E-state index >= 15 is 0 Å². The molecule has 4 heteroatoms. The van der Waals surface area contributed by atoms with Gasteiger partial charge in [-0.2, -0.15) is 0 Å². The Labute approximate surface area is 143 Å². The van der Waals surface area contributed by atoms with Gasteiger partial charge < -0.3 is 4.90 Å². The van der Waals surface area contributed by atoms with Crippen LogP contribution in [-0.4, -0.2) is 46.9 Å². The van der Waals surface area contributed by atoms with Crippen LogP contribution < -0.4 is 0 Å². The summed E-state index contributed by atoms with van der Waals surface area (Å²) in [5, 5.41) is 0. The third-order valence-corrected chi connectivity index (χ3v) is 4.23. The van der Waals surface area contributed by atoms with Crippen molar-refractivity contribution in [2.45, 2.75) is 13.0 Å². The fourth-order valence-corrected chi connectivity index (χ4v) is 2.93. The number of hydrogen-bond acceptors (Lipinski definition) is 3. The van der Waals surface area contributed by atoms with Gasteiger partial charge in [0, 0.05) is 45.0 Å².